The van der Waals surface area contributed by atoms with Gasteiger partial charge in [0, 0.05) is 19.6 Å². The quantitative estimate of drug-likeness (QED) is 0.793. The molecule has 102 valence electrons. The van der Waals surface area contributed by atoms with Crippen LogP contribution in [0.3, 0.4) is 0 Å². The van der Waals surface area contributed by atoms with E-state index in [1.54, 1.807) is 0 Å². The molecule has 0 atom stereocenters. The van der Waals surface area contributed by atoms with Crippen LogP contribution in [0.1, 0.15) is 23.8 Å². The van der Waals surface area contributed by atoms with E-state index >= 15 is 0 Å². The van der Waals surface area contributed by atoms with Crippen molar-refractivity contribution in [3.8, 4) is 0 Å². The van der Waals surface area contributed by atoms with Gasteiger partial charge in [-0.3, -0.25) is 9.59 Å². The summed E-state index contributed by atoms with van der Waals surface area (Å²) in [7, 11) is 0. The average molecular weight is 263 g/mol. The molecule has 0 saturated carbocycles. The molecule has 1 saturated heterocycles. The minimum Gasteiger partial charge on any atom is -0.369 e. The van der Waals surface area contributed by atoms with E-state index < -0.39 is 0 Å². The van der Waals surface area contributed by atoms with Crippen LogP contribution in [0.25, 0.3) is 0 Å². The Bertz CT molecular complexity index is 460. The van der Waals surface area contributed by atoms with E-state index in [0.29, 0.717) is 18.9 Å². The molecule has 1 aromatic heterocycles. The standard InChI is InChI=1S/C12H17N5O2/c1-2-13-10-7-15-9(6-16-10)12(19)17-5-3-4-14-11(18)8-17/h6-7H,2-5,8H2,1H3,(H,13,16)(H,14,18). The highest BCUT2D eigenvalue weighted by molar-refractivity contribution is 5.94. The largest absolute Gasteiger partial charge is 0.369 e. The second-order valence-corrected chi connectivity index (χ2v) is 4.25. The Kier molecular flexibility index (Phi) is 4.27. The van der Waals surface area contributed by atoms with E-state index in [1.165, 1.54) is 17.3 Å². The van der Waals surface area contributed by atoms with Gasteiger partial charge in [0.1, 0.15) is 11.5 Å². The molecule has 7 nitrogen and oxygen atoms in total. The normalized spacial score (nSPS) is 15.6. The predicted octanol–water partition coefficient (Wildman–Crippen LogP) is -0.129. The number of carbonyl (C=O) groups is 2. The van der Waals surface area contributed by atoms with Gasteiger partial charge in [-0.15, -0.1) is 0 Å². The van der Waals surface area contributed by atoms with Crippen molar-refractivity contribution in [3.63, 3.8) is 0 Å². The molecule has 2 rings (SSSR count). The van der Waals surface area contributed by atoms with Crippen LogP contribution < -0.4 is 10.6 Å². The first-order valence-electron chi connectivity index (χ1n) is 6.32. The van der Waals surface area contributed by atoms with Crippen molar-refractivity contribution in [2.24, 2.45) is 0 Å². The molecule has 2 amide bonds. The van der Waals surface area contributed by atoms with Gasteiger partial charge in [0.25, 0.3) is 5.91 Å². The first-order valence-corrected chi connectivity index (χ1v) is 6.32. The number of aromatic nitrogens is 2. The molecule has 19 heavy (non-hydrogen) atoms. The van der Waals surface area contributed by atoms with Crippen LogP contribution in [0.4, 0.5) is 5.82 Å². The van der Waals surface area contributed by atoms with Crippen molar-refractivity contribution in [1.29, 1.82) is 0 Å². The number of carbonyl (C=O) groups excluding carboxylic acids is 2. The maximum absolute atomic E-state index is 12.2. The Balaban J connectivity index is 2.07. The maximum atomic E-state index is 12.2. The van der Waals surface area contributed by atoms with Crippen molar-refractivity contribution >= 4 is 17.6 Å². The lowest BCUT2D eigenvalue weighted by molar-refractivity contribution is -0.121. The van der Waals surface area contributed by atoms with Crippen LogP contribution >= 0.6 is 0 Å². The molecule has 0 aromatic carbocycles. The highest BCUT2D eigenvalue weighted by atomic mass is 16.2. The monoisotopic (exact) mass is 263 g/mol. The van der Waals surface area contributed by atoms with Crippen LogP contribution in [0, 0.1) is 0 Å². The molecular formula is C12H17N5O2. The number of hydrogen-bond donors (Lipinski definition) is 2. The Morgan fingerprint density at radius 2 is 2.32 bits per heavy atom. The minimum absolute atomic E-state index is 0.0788. The van der Waals surface area contributed by atoms with Crippen LogP contribution in [0.15, 0.2) is 12.4 Å². The number of amides is 2. The number of anilines is 1. The summed E-state index contributed by atoms with van der Waals surface area (Å²) in [6.45, 7) is 3.93. The fraction of sp³-hybridized carbons (Fsp3) is 0.500. The maximum Gasteiger partial charge on any atom is 0.274 e. The summed E-state index contributed by atoms with van der Waals surface area (Å²) in [4.78, 5) is 33.3. The summed E-state index contributed by atoms with van der Waals surface area (Å²) in [6.07, 6.45) is 3.71. The van der Waals surface area contributed by atoms with Crippen molar-refractivity contribution in [1.82, 2.24) is 20.2 Å². The molecule has 1 aliphatic rings. The molecule has 1 fully saturated rings. The summed E-state index contributed by atoms with van der Waals surface area (Å²) < 4.78 is 0. The molecule has 1 aromatic rings. The van der Waals surface area contributed by atoms with Crippen molar-refractivity contribution in [3.05, 3.63) is 18.1 Å². The average Bonchev–Trinajstić information content (AvgIpc) is 2.64. The second-order valence-electron chi connectivity index (χ2n) is 4.25. The van der Waals surface area contributed by atoms with Crippen molar-refractivity contribution in [2.45, 2.75) is 13.3 Å². The van der Waals surface area contributed by atoms with E-state index in [2.05, 4.69) is 20.6 Å². The lowest BCUT2D eigenvalue weighted by Crippen LogP contribution is -2.37. The van der Waals surface area contributed by atoms with Gasteiger partial charge in [-0.05, 0) is 13.3 Å². The smallest absolute Gasteiger partial charge is 0.274 e. The third-order valence-corrected chi connectivity index (χ3v) is 2.78. The van der Waals surface area contributed by atoms with E-state index in [0.717, 1.165) is 13.0 Å². The van der Waals surface area contributed by atoms with Crippen LogP contribution in [-0.4, -0.2) is 52.9 Å². The van der Waals surface area contributed by atoms with Gasteiger partial charge in [0.15, 0.2) is 0 Å². The topological polar surface area (TPSA) is 87.2 Å². The molecule has 7 heteroatoms. The summed E-state index contributed by atoms with van der Waals surface area (Å²) in [5.41, 5.74) is 0.261. The Morgan fingerprint density at radius 1 is 1.47 bits per heavy atom. The summed E-state index contributed by atoms with van der Waals surface area (Å²) in [5.74, 6) is 0.239. The summed E-state index contributed by atoms with van der Waals surface area (Å²) in [5, 5.41) is 5.74. The minimum atomic E-state index is -0.257. The van der Waals surface area contributed by atoms with E-state index in [1.807, 2.05) is 6.92 Å². The molecule has 0 unspecified atom stereocenters. The molecular weight excluding hydrogens is 246 g/mol. The fourth-order valence-corrected chi connectivity index (χ4v) is 1.85. The molecule has 1 aliphatic heterocycles. The molecule has 0 aliphatic carbocycles. The van der Waals surface area contributed by atoms with Gasteiger partial charge < -0.3 is 15.5 Å². The van der Waals surface area contributed by atoms with Crippen molar-refractivity contribution in [2.75, 3.05) is 31.5 Å². The number of hydrogen-bond acceptors (Lipinski definition) is 5. The first kappa shape index (κ1) is 13.3. The highest BCUT2D eigenvalue weighted by Gasteiger charge is 2.22. The van der Waals surface area contributed by atoms with E-state index in [9.17, 15) is 9.59 Å². The molecule has 0 radical (unpaired) electrons. The predicted molar refractivity (Wildman–Crippen MR) is 69.7 cm³/mol. The van der Waals surface area contributed by atoms with Crippen LogP contribution in [0.2, 0.25) is 0 Å². The molecule has 2 heterocycles. The van der Waals surface area contributed by atoms with Crippen LogP contribution in [0.5, 0.6) is 0 Å². The lowest BCUT2D eigenvalue weighted by atomic mass is 10.3. The zero-order chi connectivity index (χ0) is 13.7. The molecule has 2 N–H and O–H groups in total. The van der Waals surface area contributed by atoms with Gasteiger partial charge in [0.05, 0.1) is 18.9 Å². The Labute approximate surface area is 111 Å². The Morgan fingerprint density at radius 3 is 3.00 bits per heavy atom. The van der Waals surface area contributed by atoms with Gasteiger partial charge in [-0.25, -0.2) is 9.97 Å². The molecule has 0 spiro atoms. The van der Waals surface area contributed by atoms with Gasteiger partial charge in [-0.2, -0.15) is 0 Å². The number of nitrogens with zero attached hydrogens (tertiary/aromatic N) is 3. The summed E-state index contributed by atoms with van der Waals surface area (Å²) >= 11 is 0. The fourth-order valence-electron chi connectivity index (χ4n) is 1.85. The van der Waals surface area contributed by atoms with Gasteiger partial charge in [-0.1, -0.05) is 0 Å². The van der Waals surface area contributed by atoms with E-state index in [-0.39, 0.29) is 24.1 Å². The SMILES string of the molecule is CCNc1cnc(C(=O)N2CCCNC(=O)C2)cn1. The van der Waals surface area contributed by atoms with Crippen LogP contribution in [-0.2, 0) is 4.79 Å². The number of nitrogens with one attached hydrogen (secondary N) is 2. The second kappa shape index (κ2) is 6.12. The van der Waals surface area contributed by atoms with E-state index in [4.69, 9.17) is 0 Å². The third-order valence-electron chi connectivity index (χ3n) is 2.78. The zero-order valence-corrected chi connectivity index (χ0v) is 10.8. The first-order chi connectivity index (χ1) is 9.20. The Hall–Kier alpha value is -2.18. The number of rotatable bonds is 3. The summed E-state index contributed by atoms with van der Waals surface area (Å²) in [6, 6.07) is 0. The highest BCUT2D eigenvalue weighted by Crippen LogP contribution is 2.06. The van der Waals surface area contributed by atoms with Gasteiger partial charge >= 0.3 is 0 Å². The third kappa shape index (κ3) is 3.40. The molecule has 0 bridgehead atoms. The van der Waals surface area contributed by atoms with Crippen molar-refractivity contribution < 1.29 is 9.59 Å². The van der Waals surface area contributed by atoms with Gasteiger partial charge in [0.2, 0.25) is 5.91 Å². The lowest BCUT2D eigenvalue weighted by Gasteiger charge is -2.18. The zero-order valence-electron chi connectivity index (χ0n) is 10.8.